The van der Waals surface area contributed by atoms with Gasteiger partial charge in [-0.3, -0.25) is 4.57 Å². The Morgan fingerprint density at radius 1 is 1.13 bits per heavy atom. The molecule has 3 aromatic heterocycles. The summed E-state index contributed by atoms with van der Waals surface area (Å²) in [4.78, 5) is 15.2. The average Bonchev–Trinajstić information content (AvgIpc) is 3.18. The van der Waals surface area contributed by atoms with Gasteiger partial charge in [-0.05, 0) is 43.3 Å². The number of nitrogens with two attached hydrogens (primary N) is 1. The minimum Gasteiger partial charge on any atom is -0.384 e. The monoisotopic (exact) mass is 404 g/mol. The number of benzene rings is 1. The fourth-order valence-electron chi connectivity index (χ4n) is 3.81. The zero-order valence-corrected chi connectivity index (χ0v) is 16.5. The minimum absolute atomic E-state index is 0.130. The first kappa shape index (κ1) is 18.5. The van der Waals surface area contributed by atoms with E-state index < -0.39 is 0 Å². The lowest BCUT2D eigenvalue weighted by Crippen LogP contribution is -2.44. The number of aromatic nitrogens is 4. The summed E-state index contributed by atoms with van der Waals surface area (Å²) in [5.41, 5.74) is 10.0. The molecule has 5 rings (SSSR count). The zero-order chi connectivity index (χ0) is 20.7. The minimum atomic E-state index is -0.277. The summed E-state index contributed by atoms with van der Waals surface area (Å²) in [5.74, 6) is 0.152. The molecule has 0 amide bonds. The van der Waals surface area contributed by atoms with Gasteiger partial charge in [-0.1, -0.05) is 0 Å². The number of hydrogen-bond acceptors (Lipinski definition) is 6. The van der Waals surface area contributed by atoms with Gasteiger partial charge < -0.3 is 15.4 Å². The van der Waals surface area contributed by atoms with Crippen molar-refractivity contribution < 1.29 is 9.13 Å². The molecule has 0 bridgehead atoms. The maximum atomic E-state index is 15.0. The molecule has 8 heteroatoms. The average molecular weight is 404 g/mol. The highest BCUT2D eigenvalue weighted by Crippen LogP contribution is 2.28. The van der Waals surface area contributed by atoms with Gasteiger partial charge in [0.25, 0.3) is 0 Å². The maximum absolute atomic E-state index is 15.0. The number of nitrogens with zero attached hydrogens (tertiary/aromatic N) is 5. The summed E-state index contributed by atoms with van der Waals surface area (Å²) < 4.78 is 22.3. The molecule has 2 N–H and O–H groups in total. The van der Waals surface area contributed by atoms with Crippen LogP contribution >= 0.6 is 0 Å². The van der Waals surface area contributed by atoms with Crippen molar-refractivity contribution in [2.75, 3.05) is 30.4 Å². The molecule has 1 saturated heterocycles. The Kier molecular flexibility index (Phi) is 4.55. The van der Waals surface area contributed by atoms with E-state index in [4.69, 9.17) is 15.5 Å². The zero-order valence-electron chi connectivity index (χ0n) is 16.5. The number of hydrogen-bond donors (Lipinski definition) is 1. The number of imidazole rings is 1. The summed E-state index contributed by atoms with van der Waals surface area (Å²) in [6.45, 7) is 3.90. The Morgan fingerprint density at radius 2 is 2.03 bits per heavy atom. The molecule has 152 valence electrons. The molecule has 0 saturated carbocycles. The highest BCUT2D eigenvalue weighted by molar-refractivity contribution is 5.77. The second-order valence-corrected chi connectivity index (χ2v) is 7.38. The lowest BCUT2D eigenvalue weighted by atomic mass is 10.1. The second-order valence-electron chi connectivity index (χ2n) is 7.38. The quantitative estimate of drug-likeness (QED) is 0.563. The lowest BCUT2D eigenvalue weighted by molar-refractivity contribution is 0.0986. The molecule has 1 aliphatic rings. The van der Waals surface area contributed by atoms with Crippen LogP contribution in [-0.4, -0.2) is 45.3 Å². The summed E-state index contributed by atoms with van der Waals surface area (Å²) >= 11 is 0. The fraction of sp³-hybridized carbons (Fsp3) is 0.227. The third-order valence-corrected chi connectivity index (χ3v) is 5.36. The number of rotatable bonds is 3. The Labute approximate surface area is 173 Å². The van der Waals surface area contributed by atoms with E-state index in [2.05, 4.69) is 9.97 Å². The van der Waals surface area contributed by atoms with Gasteiger partial charge in [0, 0.05) is 30.4 Å². The summed E-state index contributed by atoms with van der Waals surface area (Å²) in [6, 6.07) is 12.8. The lowest BCUT2D eigenvalue weighted by Gasteiger charge is -2.35. The Morgan fingerprint density at radius 3 is 2.83 bits per heavy atom. The van der Waals surface area contributed by atoms with Crippen LogP contribution in [0.2, 0.25) is 0 Å². The Bertz CT molecular complexity index is 1220. The van der Waals surface area contributed by atoms with Gasteiger partial charge >= 0.3 is 0 Å². The van der Waals surface area contributed by atoms with E-state index in [-0.39, 0.29) is 11.9 Å². The van der Waals surface area contributed by atoms with Crippen LogP contribution < -0.4 is 10.6 Å². The van der Waals surface area contributed by atoms with Crippen LogP contribution in [0.5, 0.6) is 0 Å². The van der Waals surface area contributed by atoms with E-state index in [0.29, 0.717) is 42.6 Å². The second kappa shape index (κ2) is 7.38. The SMILES string of the molecule is C[C@@H]1COCCN1c1ccc(-n2cnc3ccc(-c4ccnc(N)c4)nc32)cc1F. The van der Waals surface area contributed by atoms with Crippen molar-refractivity contribution in [3.63, 3.8) is 0 Å². The molecule has 0 unspecified atom stereocenters. The van der Waals surface area contributed by atoms with Crippen molar-refractivity contribution in [2.45, 2.75) is 13.0 Å². The molecule has 1 atom stereocenters. The van der Waals surface area contributed by atoms with Gasteiger partial charge in [0.1, 0.15) is 23.5 Å². The number of morpholine rings is 1. The predicted octanol–water partition coefficient (Wildman–Crippen LogP) is 3.43. The van der Waals surface area contributed by atoms with Gasteiger partial charge in [0.15, 0.2) is 5.65 Å². The number of halogens is 1. The Balaban J connectivity index is 1.54. The number of pyridine rings is 2. The van der Waals surface area contributed by atoms with Crippen LogP contribution in [0.15, 0.2) is 55.0 Å². The molecular formula is C22H21FN6O. The molecule has 0 radical (unpaired) electrons. The van der Waals surface area contributed by atoms with E-state index in [1.165, 1.54) is 6.07 Å². The molecule has 30 heavy (non-hydrogen) atoms. The first-order chi connectivity index (χ1) is 14.6. The summed E-state index contributed by atoms with van der Waals surface area (Å²) in [7, 11) is 0. The van der Waals surface area contributed by atoms with Gasteiger partial charge in [-0.25, -0.2) is 19.3 Å². The van der Waals surface area contributed by atoms with Crippen molar-refractivity contribution >= 4 is 22.7 Å². The van der Waals surface area contributed by atoms with Crippen LogP contribution in [0, 0.1) is 5.82 Å². The molecule has 0 aliphatic carbocycles. The van der Waals surface area contributed by atoms with Crippen LogP contribution in [0.25, 0.3) is 28.1 Å². The molecule has 7 nitrogen and oxygen atoms in total. The third kappa shape index (κ3) is 3.25. The van der Waals surface area contributed by atoms with Gasteiger partial charge in [0.05, 0.1) is 30.3 Å². The topological polar surface area (TPSA) is 82.1 Å². The maximum Gasteiger partial charge on any atom is 0.165 e. The number of ether oxygens (including phenoxy) is 1. The first-order valence-corrected chi connectivity index (χ1v) is 9.80. The number of fused-ring (bicyclic) bond motifs is 1. The van der Waals surface area contributed by atoms with E-state index in [1.807, 2.05) is 42.2 Å². The predicted molar refractivity (Wildman–Crippen MR) is 114 cm³/mol. The van der Waals surface area contributed by atoms with Crippen molar-refractivity contribution in [1.82, 2.24) is 19.5 Å². The van der Waals surface area contributed by atoms with E-state index in [0.717, 1.165) is 16.8 Å². The molecule has 0 spiro atoms. The summed E-state index contributed by atoms with van der Waals surface area (Å²) in [5, 5.41) is 0. The smallest absolute Gasteiger partial charge is 0.165 e. The fourth-order valence-corrected chi connectivity index (χ4v) is 3.81. The van der Waals surface area contributed by atoms with Crippen molar-refractivity contribution in [1.29, 1.82) is 0 Å². The Hall–Kier alpha value is -3.52. The van der Waals surface area contributed by atoms with E-state index >= 15 is 4.39 Å². The molecule has 4 aromatic rings. The summed E-state index contributed by atoms with van der Waals surface area (Å²) in [6.07, 6.45) is 3.31. The van der Waals surface area contributed by atoms with Crippen LogP contribution in [0.1, 0.15) is 6.92 Å². The molecular weight excluding hydrogens is 383 g/mol. The van der Waals surface area contributed by atoms with Crippen molar-refractivity contribution in [3.8, 4) is 16.9 Å². The van der Waals surface area contributed by atoms with Crippen LogP contribution in [0.3, 0.4) is 0 Å². The molecule has 1 aliphatic heterocycles. The van der Waals surface area contributed by atoms with E-state index in [1.54, 1.807) is 23.2 Å². The third-order valence-electron chi connectivity index (χ3n) is 5.36. The molecule has 4 heterocycles. The van der Waals surface area contributed by atoms with Gasteiger partial charge in [0.2, 0.25) is 0 Å². The van der Waals surface area contributed by atoms with Crippen LogP contribution in [-0.2, 0) is 4.74 Å². The van der Waals surface area contributed by atoms with Crippen molar-refractivity contribution in [2.24, 2.45) is 0 Å². The van der Waals surface area contributed by atoms with E-state index in [9.17, 15) is 0 Å². The standard InChI is InChI=1S/C22H21FN6O/c1-14-12-30-9-8-28(14)20-5-2-16(11-17(20)23)29-13-26-19-4-3-18(27-22(19)29)15-6-7-25-21(24)10-15/h2-7,10-11,13-14H,8-9,12H2,1H3,(H2,24,25)/t14-/m1/s1. The van der Waals surface area contributed by atoms with Crippen LogP contribution in [0.4, 0.5) is 15.9 Å². The molecule has 1 aromatic carbocycles. The molecule has 1 fully saturated rings. The highest BCUT2D eigenvalue weighted by atomic mass is 19.1. The highest BCUT2D eigenvalue weighted by Gasteiger charge is 2.22. The van der Waals surface area contributed by atoms with Gasteiger partial charge in [-0.15, -0.1) is 0 Å². The number of nitrogen functional groups attached to an aromatic ring is 1. The van der Waals surface area contributed by atoms with Gasteiger partial charge in [-0.2, -0.15) is 0 Å². The largest absolute Gasteiger partial charge is 0.384 e. The van der Waals surface area contributed by atoms with Crippen molar-refractivity contribution in [3.05, 3.63) is 60.8 Å². The first-order valence-electron chi connectivity index (χ1n) is 9.80. The number of anilines is 2. The normalized spacial score (nSPS) is 16.9.